The van der Waals surface area contributed by atoms with Crippen LogP contribution in [0.15, 0.2) is 0 Å². The minimum absolute atomic E-state index is 0.316. The van der Waals surface area contributed by atoms with Crippen molar-refractivity contribution in [3.05, 3.63) is 0 Å². The van der Waals surface area contributed by atoms with E-state index in [1.807, 2.05) is 6.07 Å². The molecule has 0 radical (unpaired) electrons. The lowest BCUT2D eigenvalue weighted by Gasteiger charge is -2.14. The van der Waals surface area contributed by atoms with Crippen LogP contribution in [0.25, 0.3) is 0 Å². The number of hydrogen-bond donors (Lipinski definition) is 0. The molecule has 3 heteroatoms. The van der Waals surface area contributed by atoms with Gasteiger partial charge >= 0.3 is 0 Å². The van der Waals surface area contributed by atoms with Crippen molar-refractivity contribution in [2.45, 2.75) is 25.9 Å². The highest BCUT2D eigenvalue weighted by Gasteiger charge is 2.16. The third-order valence-electron chi connectivity index (χ3n) is 0.714. The van der Waals surface area contributed by atoms with Crippen LogP contribution in [0.4, 0.5) is 0 Å². The van der Waals surface area contributed by atoms with E-state index in [0.29, 0.717) is 6.42 Å². The van der Waals surface area contributed by atoms with Gasteiger partial charge in [-0.15, -0.1) is 0 Å². The van der Waals surface area contributed by atoms with Gasteiger partial charge in [0, 0.05) is 0 Å². The highest BCUT2D eigenvalue weighted by Crippen LogP contribution is 2.14. The Labute approximate surface area is 54.2 Å². The lowest BCUT2D eigenvalue weighted by Crippen LogP contribution is -2.18. The van der Waals surface area contributed by atoms with E-state index in [-0.39, 0.29) is 0 Å². The summed E-state index contributed by atoms with van der Waals surface area (Å²) in [5.74, 6) is 0. The molecule has 0 fully saturated rings. The number of rotatable bonds is 2. The second-order valence-electron chi connectivity index (χ2n) is 2.17. The van der Waals surface area contributed by atoms with Gasteiger partial charge in [-0.05, 0) is 13.8 Å². The van der Waals surface area contributed by atoms with Crippen molar-refractivity contribution in [2.24, 2.45) is 0 Å². The molecule has 0 aliphatic rings. The summed E-state index contributed by atoms with van der Waals surface area (Å²) in [4.78, 5) is 0. The molecule has 0 aromatic rings. The molecule has 0 heterocycles. The van der Waals surface area contributed by atoms with Crippen LogP contribution in [0.1, 0.15) is 20.3 Å². The summed E-state index contributed by atoms with van der Waals surface area (Å²) >= 11 is 5.02. The van der Waals surface area contributed by atoms with Crippen molar-refractivity contribution in [3.63, 3.8) is 0 Å². The Morgan fingerprint density at radius 1 is 1.75 bits per heavy atom. The van der Waals surface area contributed by atoms with E-state index >= 15 is 0 Å². The highest BCUT2D eigenvalue weighted by atomic mass is 35.5. The summed E-state index contributed by atoms with van der Waals surface area (Å²) in [6.45, 7) is 3.51. The van der Waals surface area contributed by atoms with Crippen LogP contribution in [0.5, 0.6) is 0 Å². The van der Waals surface area contributed by atoms with Crippen LogP contribution < -0.4 is 0 Å². The zero-order valence-electron chi connectivity index (χ0n) is 4.94. The van der Waals surface area contributed by atoms with Crippen molar-refractivity contribution in [1.29, 1.82) is 5.26 Å². The molecule has 0 unspecified atom stereocenters. The topological polar surface area (TPSA) is 33.0 Å². The first kappa shape index (κ1) is 7.74. The van der Waals surface area contributed by atoms with Gasteiger partial charge in [0.2, 0.25) is 0 Å². The monoisotopic (exact) mass is 133 g/mol. The first-order valence-electron chi connectivity index (χ1n) is 2.29. The minimum atomic E-state index is -0.504. The number of nitrogens with zero attached hydrogens (tertiary/aromatic N) is 1. The predicted molar refractivity (Wildman–Crippen MR) is 31.2 cm³/mol. The fourth-order valence-corrected chi connectivity index (χ4v) is 0.272. The van der Waals surface area contributed by atoms with Gasteiger partial charge in [0.15, 0.2) is 0 Å². The highest BCUT2D eigenvalue weighted by molar-refractivity contribution is 6.07. The van der Waals surface area contributed by atoms with Gasteiger partial charge in [0.05, 0.1) is 30.0 Å². The Hall–Kier alpha value is -0.260. The standard InChI is InChI=1S/C5H8ClNO/c1-5(2,8-6)3-4-7/h3H2,1-2H3. The Morgan fingerprint density at radius 2 is 2.25 bits per heavy atom. The van der Waals surface area contributed by atoms with Crippen molar-refractivity contribution in [3.8, 4) is 6.07 Å². The third-order valence-corrected chi connectivity index (χ3v) is 1.13. The van der Waals surface area contributed by atoms with E-state index in [0.717, 1.165) is 0 Å². The molecular weight excluding hydrogens is 126 g/mol. The summed E-state index contributed by atoms with van der Waals surface area (Å²) in [6.07, 6.45) is 0.316. The van der Waals surface area contributed by atoms with Gasteiger partial charge in [0.25, 0.3) is 0 Å². The van der Waals surface area contributed by atoms with Gasteiger partial charge in [-0.25, -0.2) is 0 Å². The lowest BCUT2D eigenvalue weighted by atomic mass is 10.1. The molecule has 0 saturated carbocycles. The maximum Gasteiger partial charge on any atom is 0.0970 e. The van der Waals surface area contributed by atoms with Gasteiger partial charge in [-0.3, -0.25) is 4.29 Å². The molecule has 0 aromatic carbocycles. The summed E-state index contributed by atoms with van der Waals surface area (Å²) in [6, 6.07) is 1.95. The summed E-state index contributed by atoms with van der Waals surface area (Å²) < 4.78 is 4.43. The van der Waals surface area contributed by atoms with E-state index in [4.69, 9.17) is 17.1 Å². The van der Waals surface area contributed by atoms with Gasteiger partial charge < -0.3 is 0 Å². The van der Waals surface area contributed by atoms with Crippen LogP contribution in [-0.4, -0.2) is 5.60 Å². The van der Waals surface area contributed by atoms with E-state index in [1.54, 1.807) is 13.8 Å². The molecule has 0 aliphatic heterocycles. The SMILES string of the molecule is CC(C)(CC#N)OCl. The first-order chi connectivity index (χ1) is 3.62. The van der Waals surface area contributed by atoms with E-state index in [1.165, 1.54) is 0 Å². The van der Waals surface area contributed by atoms with Crippen LogP contribution >= 0.6 is 11.9 Å². The molecule has 2 nitrogen and oxygen atoms in total. The van der Waals surface area contributed by atoms with Crippen LogP contribution in [0.3, 0.4) is 0 Å². The fraction of sp³-hybridized carbons (Fsp3) is 0.800. The zero-order valence-corrected chi connectivity index (χ0v) is 5.70. The molecule has 46 valence electrons. The molecule has 0 bridgehead atoms. The third kappa shape index (κ3) is 2.84. The van der Waals surface area contributed by atoms with Gasteiger partial charge in [-0.2, -0.15) is 5.26 Å². The number of halogens is 1. The minimum Gasteiger partial charge on any atom is -0.272 e. The Kier molecular flexibility index (Phi) is 2.81. The van der Waals surface area contributed by atoms with E-state index in [2.05, 4.69) is 4.29 Å². The summed E-state index contributed by atoms with van der Waals surface area (Å²) in [5, 5.41) is 8.14. The summed E-state index contributed by atoms with van der Waals surface area (Å²) in [7, 11) is 0. The van der Waals surface area contributed by atoms with Gasteiger partial charge in [0.1, 0.15) is 0 Å². The maximum absolute atomic E-state index is 8.14. The van der Waals surface area contributed by atoms with Crippen LogP contribution in [-0.2, 0) is 4.29 Å². The quantitative estimate of drug-likeness (QED) is 0.576. The van der Waals surface area contributed by atoms with E-state index in [9.17, 15) is 0 Å². The average Bonchev–Trinajstić information content (AvgIpc) is 1.67. The smallest absolute Gasteiger partial charge is 0.0970 e. The normalized spacial score (nSPS) is 10.8. The Balaban J connectivity index is 3.58. The molecule has 0 N–H and O–H groups in total. The number of hydrogen-bond acceptors (Lipinski definition) is 2. The zero-order chi connectivity index (χ0) is 6.62. The molecule has 0 aromatic heterocycles. The maximum atomic E-state index is 8.14. The molecule has 0 rings (SSSR count). The first-order valence-corrected chi connectivity index (χ1v) is 2.60. The molecule has 0 amide bonds. The van der Waals surface area contributed by atoms with E-state index < -0.39 is 5.60 Å². The van der Waals surface area contributed by atoms with Crippen LogP contribution in [0.2, 0.25) is 0 Å². The molecule has 0 saturated heterocycles. The Morgan fingerprint density at radius 3 is 2.38 bits per heavy atom. The molecule has 0 aliphatic carbocycles. The van der Waals surface area contributed by atoms with Crippen molar-refractivity contribution >= 4 is 11.9 Å². The van der Waals surface area contributed by atoms with Gasteiger partial charge in [-0.1, -0.05) is 0 Å². The predicted octanol–water partition coefficient (Wildman–Crippen LogP) is 1.85. The number of nitriles is 1. The van der Waals surface area contributed by atoms with Crippen molar-refractivity contribution in [2.75, 3.05) is 0 Å². The second kappa shape index (κ2) is 2.91. The second-order valence-corrected chi connectivity index (χ2v) is 2.33. The largest absolute Gasteiger partial charge is 0.272 e. The summed E-state index contributed by atoms with van der Waals surface area (Å²) in [5.41, 5.74) is -0.504. The van der Waals surface area contributed by atoms with Crippen LogP contribution in [0, 0.1) is 11.3 Å². The molecule has 0 spiro atoms. The molecular formula is C5H8ClNO. The average molecular weight is 134 g/mol. The molecule has 0 atom stereocenters. The fourth-order valence-electron chi connectivity index (χ4n) is 0.218. The van der Waals surface area contributed by atoms with Crippen molar-refractivity contribution in [1.82, 2.24) is 0 Å². The lowest BCUT2D eigenvalue weighted by molar-refractivity contribution is 0.131. The molecule has 8 heavy (non-hydrogen) atoms. The van der Waals surface area contributed by atoms with Crippen molar-refractivity contribution < 1.29 is 4.29 Å². The Bertz CT molecular complexity index is 105.